The fraction of sp³-hybridized carbons (Fsp3) is 0.481. The lowest BCUT2D eigenvalue weighted by Gasteiger charge is -2.50. The van der Waals surface area contributed by atoms with Gasteiger partial charge in [-0.1, -0.05) is 6.92 Å². The summed E-state index contributed by atoms with van der Waals surface area (Å²) in [4.78, 5) is 54.5. The molecule has 0 bridgehead atoms. The number of piperidine rings is 1. The number of ketones is 2. The predicted octanol–water partition coefficient (Wildman–Crippen LogP) is 0.866. The van der Waals surface area contributed by atoms with E-state index in [-0.39, 0.29) is 53.6 Å². The molecular weight excluding hydrogens is 513 g/mol. The van der Waals surface area contributed by atoms with E-state index in [0.717, 1.165) is 6.07 Å². The Hall–Kier alpha value is -3.77. The van der Waals surface area contributed by atoms with Gasteiger partial charge in [-0.2, -0.15) is 0 Å². The van der Waals surface area contributed by atoms with E-state index in [1.54, 1.807) is 6.92 Å². The average molecular weight is 544 g/mol. The van der Waals surface area contributed by atoms with Crippen LogP contribution in [-0.2, 0) is 25.6 Å². The van der Waals surface area contributed by atoms with Crippen molar-refractivity contribution in [2.75, 3.05) is 25.5 Å². The highest BCUT2D eigenvalue weighted by molar-refractivity contribution is 6.24. The lowest BCUT2D eigenvalue weighted by Crippen LogP contribution is -2.65. The summed E-state index contributed by atoms with van der Waals surface area (Å²) in [6, 6.07) is -0.195. The van der Waals surface area contributed by atoms with Crippen LogP contribution >= 0.6 is 0 Å². The molecule has 0 radical (unpaired) electrons. The Morgan fingerprint density at radius 3 is 2.49 bits per heavy atom. The van der Waals surface area contributed by atoms with Gasteiger partial charge in [0.05, 0.1) is 17.3 Å². The molecule has 3 aliphatic carbocycles. The first-order valence-electron chi connectivity index (χ1n) is 12.7. The number of hydrogen-bond acceptors (Lipinski definition) is 9. The normalized spacial score (nSPS) is 30.9. The number of carbonyl (C=O) groups excluding carboxylic acids is 4. The Morgan fingerprint density at radius 1 is 1.21 bits per heavy atom. The second kappa shape index (κ2) is 8.88. The Balaban J connectivity index is 1.70. The van der Waals surface area contributed by atoms with Crippen molar-refractivity contribution in [3.8, 4) is 5.75 Å². The minimum Gasteiger partial charge on any atom is -0.508 e. The van der Waals surface area contributed by atoms with Gasteiger partial charge in [-0.15, -0.1) is 0 Å². The lowest BCUT2D eigenvalue weighted by atomic mass is 9.57. The zero-order valence-electron chi connectivity index (χ0n) is 21.7. The number of phenolic OH excluding ortho intramolecular Hbond substituents is 1. The number of carbonyl (C=O) groups is 4. The number of primary amides is 1. The highest BCUT2D eigenvalue weighted by Crippen LogP contribution is 2.54. The summed E-state index contributed by atoms with van der Waals surface area (Å²) in [7, 11) is 2.99. The number of amides is 2. The SMILES string of the molecule is C[C@H]1CCCN(c2cc(F)c3c(c2O)C(O)=C2C(=O)[C@]4(O)C(O)=C(C(N)=O)C(=O)[C@@H](N(C)C)[C@@H]4C[C@@H]2C3)C1=O. The largest absolute Gasteiger partial charge is 0.508 e. The van der Waals surface area contributed by atoms with Crippen molar-refractivity contribution >= 4 is 34.8 Å². The molecular formula is C27H30FN3O8. The van der Waals surface area contributed by atoms with Crippen molar-refractivity contribution in [2.45, 2.75) is 44.2 Å². The zero-order valence-corrected chi connectivity index (χ0v) is 21.7. The van der Waals surface area contributed by atoms with Gasteiger partial charge in [0.1, 0.15) is 22.9 Å². The first kappa shape index (κ1) is 26.8. The zero-order chi connectivity index (χ0) is 28.7. The summed E-state index contributed by atoms with van der Waals surface area (Å²) >= 11 is 0. The lowest BCUT2D eigenvalue weighted by molar-refractivity contribution is -0.153. The molecule has 12 heteroatoms. The minimum atomic E-state index is -2.78. The van der Waals surface area contributed by atoms with Gasteiger partial charge in [0.15, 0.2) is 17.1 Å². The molecule has 5 rings (SSSR count). The van der Waals surface area contributed by atoms with Gasteiger partial charge in [0.2, 0.25) is 11.7 Å². The number of halogens is 1. The molecule has 39 heavy (non-hydrogen) atoms. The number of rotatable bonds is 3. The second-order valence-electron chi connectivity index (χ2n) is 11.1. The van der Waals surface area contributed by atoms with Gasteiger partial charge in [-0.3, -0.25) is 24.1 Å². The van der Waals surface area contributed by atoms with E-state index in [4.69, 9.17) is 5.73 Å². The van der Waals surface area contributed by atoms with Crippen LogP contribution in [0.1, 0.15) is 37.3 Å². The van der Waals surface area contributed by atoms with E-state index < -0.39 is 69.6 Å². The molecule has 0 spiro atoms. The van der Waals surface area contributed by atoms with E-state index in [9.17, 15) is 39.6 Å². The average Bonchev–Trinajstić information content (AvgIpc) is 2.85. The summed E-state index contributed by atoms with van der Waals surface area (Å²) in [5.74, 6) is -9.59. The number of likely N-dealkylation sites (N-methyl/N-ethyl adjacent to an activating group) is 1. The maximum Gasteiger partial charge on any atom is 0.255 e. The summed E-state index contributed by atoms with van der Waals surface area (Å²) in [5.41, 5.74) is 0.624. The summed E-state index contributed by atoms with van der Waals surface area (Å²) in [5, 5.41) is 45.0. The van der Waals surface area contributed by atoms with Gasteiger partial charge >= 0.3 is 0 Å². The number of Topliss-reactive ketones (excluding diaryl/α,β-unsaturated/α-hetero) is 2. The molecule has 1 aromatic rings. The summed E-state index contributed by atoms with van der Waals surface area (Å²) in [6.07, 6.45) is 0.941. The molecule has 2 amide bonds. The quantitative estimate of drug-likeness (QED) is 0.345. The van der Waals surface area contributed by atoms with Crippen LogP contribution in [0.5, 0.6) is 5.75 Å². The molecule has 0 unspecified atom stereocenters. The van der Waals surface area contributed by atoms with Crippen LogP contribution in [0, 0.1) is 23.6 Å². The van der Waals surface area contributed by atoms with Crippen molar-refractivity contribution in [3.63, 3.8) is 0 Å². The van der Waals surface area contributed by atoms with E-state index in [1.165, 1.54) is 23.9 Å². The smallest absolute Gasteiger partial charge is 0.255 e. The third-order valence-electron chi connectivity index (χ3n) is 8.64. The molecule has 5 atom stereocenters. The number of benzene rings is 1. The van der Waals surface area contributed by atoms with Crippen molar-refractivity contribution in [3.05, 3.63) is 39.9 Å². The van der Waals surface area contributed by atoms with E-state index in [1.807, 2.05) is 0 Å². The molecule has 6 N–H and O–H groups in total. The molecule has 208 valence electrons. The number of nitrogens with zero attached hydrogens (tertiary/aromatic N) is 2. The van der Waals surface area contributed by atoms with Crippen molar-refractivity contribution in [2.24, 2.45) is 23.5 Å². The fourth-order valence-electron chi connectivity index (χ4n) is 6.75. The molecule has 1 saturated heterocycles. The number of aliphatic hydroxyl groups is 3. The second-order valence-corrected chi connectivity index (χ2v) is 11.1. The molecule has 0 aromatic heterocycles. The number of nitrogens with two attached hydrogens (primary N) is 1. The number of hydrogen-bond donors (Lipinski definition) is 5. The van der Waals surface area contributed by atoms with Crippen LogP contribution in [0.4, 0.5) is 10.1 Å². The van der Waals surface area contributed by atoms with E-state index in [0.29, 0.717) is 12.8 Å². The fourth-order valence-corrected chi connectivity index (χ4v) is 6.75. The number of aliphatic hydroxyl groups excluding tert-OH is 2. The van der Waals surface area contributed by atoms with E-state index >= 15 is 4.39 Å². The van der Waals surface area contributed by atoms with E-state index in [2.05, 4.69) is 0 Å². The Kier molecular flexibility index (Phi) is 6.11. The molecule has 2 fully saturated rings. The molecule has 11 nitrogen and oxygen atoms in total. The Morgan fingerprint density at radius 2 is 1.87 bits per heavy atom. The first-order valence-corrected chi connectivity index (χ1v) is 12.7. The molecule has 1 heterocycles. The van der Waals surface area contributed by atoms with Crippen LogP contribution in [0.15, 0.2) is 23.0 Å². The molecule has 4 aliphatic rings. The Labute approximate surface area is 223 Å². The van der Waals surface area contributed by atoms with Gasteiger partial charge in [-0.05, 0) is 45.7 Å². The van der Waals surface area contributed by atoms with Gasteiger partial charge < -0.3 is 31.1 Å². The first-order chi connectivity index (χ1) is 18.2. The van der Waals surface area contributed by atoms with Gasteiger partial charge in [-0.25, -0.2) is 4.39 Å². The topological polar surface area (TPSA) is 182 Å². The van der Waals surface area contributed by atoms with Crippen LogP contribution in [0.2, 0.25) is 0 Å². The molecule has 1 aromatic carbocycles. The molecule has 1 saturated carbocycles. The van der Waals surface area contributed by atoms with Crippen molar-refractivity contribution in [1.82, 2.24) is 4.90 Å². The number of phenols is 1. The predicted molar refractivity (Wildman–Crippen MR) is 135 cm³/mol. The molecule has 1 aliphatic heterocycles. The highest BCUT2D eigenvalue weighted by Gasteiger charge is 2.64. The standard InChI is InChI=1S/C27H30FN3O8/c1-10-5-4-6-31(26(10)38)15-9-14(28)12-7-11-8-13-19(30(2)3)22(34)18(25(29)37)24(36)27(13,39)23(35)16(11)21(33)17(12)20(15)32/h9-11,13,19,32-33,36,39H,4-8H2,1-3H3,(H2,29,37)/t10-,11-,13-,19-,27-/m0/s1. The third kappa shape index (κ3) is 3.54. The Bertz CT molecular complexity index is 1420. The van der Waals surface area contributed by atoms with Crippen LogP contribution in [0.25, 0.3) is 5.76 Å². The summed E-state index contributed by atoms with van der Waals surface area (Å²) in [6.45, 7) is 1.95. The highest BCUT2D eigenvalue weighted by atomic mass is 19.1. The number of fused-ring (bicyclic) bond motifs is 3. The minimum absolute atomic E-state index is 0.0839. The van der Waals surface area contributed by atoms with Crippen molar-refractivity contribution in [1.29, 1.82) is 0 Å². The van der Waals surface area contributed by atoms with Crippen molar-refractivity contribution < 1.29 is 44.0 Å². The van der Waals surface area contributed by atoms with Gasteiger partial charge in [0.25, 0.3) is 5.91 Å². The van der Waals surface area contributed by atoms with Gasteiger partial charge in [0, 0.05) is 35.6 Å². The number of anilines is 1. The third-order valence-corrected chi connectivity index (χ3v) is 8.64. The maximum atomic E-state index is 15.5. The van der Waals surface area contributed by atoms with Crippen LogP contribution < -0.4 is 10.6 Å². The summed E-state index contributed by atoms with van der Waals surface area (Å²) < 4.78 is 15.5. The van der Waals surface area contributed by atoms with Crippen LogP contribution in [0.3, 0.4) is 0 Å². The maximum absolute atomic E-state index is 15.5. The van der Waals surface area contributed by atoms with Crippen LogP contribution in [-0.4, -0.2) is 81.0 Å². The monoisotopic (exact) mass is 543 g/mol. The number of aromatic hydroxyl groups is 1.